The van der Waals surface area contributed by atoms with Gasteiger partial charge in [-0.1, -0.05) is 13.0 Å². The van der Waals surface area contributed by atoms with Crippen molar-refractivity contribution in [2.45, 2.75) is 38.9 Å². The summed E-state index contributed by atoms with van der Waals surface area (Å²) in [6.07, 6.45) is -2.36. The average molecular weight is 393 g/mol. The molecule has 0 saturated carbocycles. The predicted octanol–water partition coefficient (Wildman–Crippen LogP) is 4.01. The van der Waals surface area contributed by atoms with E-state index in [1.165, 1.54) is 12.3 Å². The fourth-order valence-corrected chi connectivity index (χ4v) is 3.37. The van der Waals surface area contributed by atoms with Crippen molar-refractivity contribution in [3.63, 3.8) is 0 Å². The van der Waals surface area contributed by atoms with E-state index < -0.39 is 11.7 Å². The van der Waals surface area contributed by atoms with Crippen LogP contribution in [0.4, 0.5) is 19.0 Å². The Hall–Kier alpha value is -2.61. The summed E-state index contributed by atoms with van der Waals surface area (Å²) >= 11 is 0. The van der Waals surface area contributed by atoms with Crippen molar-refractivity contribution >= 4 is 11.7 Å². The topological polar surface area (TPSA) is 77.2 Å². The molecule has 0 spiro atoms. The molecule has 1 aromatic carbocycles. The van der Waals surface area contributed by atoms with Crippen LogP contribution in [0.2, 0.25) is 0 Å². The first-order chi connectivity index (χ1) is 13.1. The molecule has 5 nitrogen and oxygen atoms in total. The molecule has 1 aromatic heterocycles. The zero-order valence-corrected chi connectivity index (χ0v) is 15.6. The van der Waals surface area contributed by atoms with Crippen LogP contribution in [0.3, 0.4) is 0 Å². The van der Waals surface area contributed by atoms with Crippen LogP contribution in [0.5, 0.6) is 5.75 Å². The van der Waals surface area contributed by atoms with Gasteiger partial charge in [0.2, 0.25) is 5.91 Å². The number of halogens is 3. The number of nitrogens with two attached hydrogens (primary N) is 1. The minimum absolute atomic E-state index is 0.0290. The van der Waals surface area contributed by atoms with Crippen molar-refractivity contribution in [3.05, 3.63) is 41.6 Å². The Balaban J connectivity index is 1.92. The molecule has 1 amide bonds. The molecule has 0 radical (unpaired) electrons. The van der Waals surface area contributed by atoms with Crippen molar-refractivity contribution in [1.29, 1.82) is 0 Å². The number of ether oxygens (including phenoxy) is 1. The van der Waals surface area contributed by atoms with Crippen molar-refractivity contribution in [1.82, 2.24) is 4.98 Å². The number of carbonyl (C=O) groups is 1. The second-order valence-electron chi connectivity index (χ2n) is 7.25. The number of carbonyl (C=O) groups excluding carboxylic acids is 1. The van der Waals surface area contributed by atoms with Gasteiger partial charge in [0.25, 0.3) is 0 Å². The Morgan fingerprint density at radius 3 is 2.71 bits per heavy atom. The molecular formula is C20H22F3N3O2. The molecule has 1 aliphatic rings. The lowest BCUT2D eigenvalue weighted by Crippen LogP contribution is -2.22. The molecule has 8 heteroatoms. The summed E-state index contributed by atoms with van der Waals surface area (Å²) in [6, 6.07) is 5.52. The van der Waals surface area contributed by atoms with Gasteiger partial charge in [-0.25, -0.2) is 4.98 Å². The Morgan fingerprint density at radius 2 is 2.04 bits per heavy atom. The summed E-state index contributed by atoms with van der Waals surface area (Å²) in [7, 11) is 0. The minimum atomic E-state index is -4.57. The number of benzene rings is 1. The molecule has 28 heavy (non-hydrogen) atoms. The van der Waals surface area contributed by atoms with Crippen molar-refractivity contribution in [2.75, 3.05) is 11.9 Å². The van der Waals surface area contributed by atoms with Crippen LogP contribution in [-0.4, -0.2) is 23.5 Å². The summed E-state index contributed by atoms with van der Waals surface area (Å²) in [6.45, 7) is 3.88. The number of anilines is 1. The summed E-state index contributed by atoms with van der Waals surface area (Å²) < 4.78 is 46.4. The van der Waals surface area contributed by atoms with Crippen LogP contribution in [0.1, 0.15) is 31.4 Å². The Labute approximate surface area is 161 Å². The zero-order valence-electron chi connectivity index (χ0n) is 15.6. The molecule has 3 rings (SSSR count). The van der Waals surface area contributed by atoms with E-state index in [1.54, 1.807) is 12.1 Å². The normalized spacial score (nSPS) is 15.7. The second-order valence-corrected chi connectivity index (χ2v) is 7.25. The van der Waals surface area contributed by atoms with E-state index >= 15 is 0 Å². The number of fused-ring (bicyclic) bond motifs is 1. The van der Waals surface area contributed by atoms with E-state index in [4.69, 9.17) is 10.5 Å². The zero-order chi connectivity index (χ0) is 20.5. The van der Waals surface area contributed by atoms with Gasteiger partial charge < -0.3 is 15.8 Å². The van der Waals surface area contributed by atoms with E-state index in [0.717, 1.165) is 6.07 Å². The third-order valence-electron chi connectivity index (χ3n) is 4.54. The number of nitrogens with zero attached hydrogens (tertiary/aromatic N) is 1. The molecule has 0 aliphatic carbocycles. The van der Waals surface area contributed by atoms with Gasteiger partial charge in [-0.15, -0.1) is 0 Å². The van der Waals surface area contributed by atoms with Crippen LogP contribution in [0, 0.1) is 5.92 Å². The molecule has 2 aromatic rings. The third kappa shape index (κ3) is 4.44. The van der Waals surface area contributed by atoms with Gasteiger partial charge >= 0.3 is 6.18 Å². The Kier molecular flexibility index (Phi) is 5.60. The number of amides is 1. The minimum Gasteiger partial charge on any atom is -0.493 e. The number of hydrogen-bond donors (Lipinski definition) is 2. The fourth-order valence-electron chi connectivity index (χ4n) is 3.37. The predicted molar refractivity (Wildman–Crippen MR) is 99.9 cm³/mol. The second kappa shape index (κ2) is 7.79. The van der Waals surface area contributed by atoms with Crippen LogP contribution in [-0.2, 0) is 17.4 Å². The molecular weight excluding hydrogens is 371 g/mol. The van der Waals surface area contributed by atoms with E-state index in [1.807, 2.05) is 13.8 Å². The summed E-state index contributed by atoms with van der Waals surface area (Å²) in [5.74, 6) is -0.0239. The van der Waals surface area contributed by atoms with Crippen molar-refractivity contribution in [2.24, 2.45) is 11.7 Å². The summed E-state index contributed by atoms with van der Waals surface area (Å²) in [5, 5.41) is 2.60. The van der Waals surface area contributed by atoms with Crippen LogP contribution < -0.4 is 15.8 Å². The number of alkyl halides is 3. The van der Waals surface area contributed by atoms with Crippen molar-refractivity contribution < 1.29 is 22.7 Å². The first-order valence-electron chi connectivity index (χ1n) is 9.03. The molecule has 150 valence electrons. The van der Waals surface area contributed by atoms with E-state index in [-0.39, 0.29) is 36.6 Å². The highest BCUT2D eigenvalue weighted by atomic mass is 19.4. The van der Waals surface area contributed by atoms with Crippen LogP contribution in [0.25, 0.3) is 11.1 Å². The van der Waals surface area contributed by atoms with Gasteiger partial charge in [0, 0.05) is 17.8 Å². The van der Waals surface area contributed by atoms with E-state index in [9.17, 15) is 18.0 Å². The third-order valence-corrected chi connectivity index (χ3v) is 4.54. The molecule has 2 unspecified atom stereocenters. The standard InChI is InChI=1S/C20H22F3N3O2/c1-11(7-12(2)24)10-28-17-4-3-13(8-16(17)20(21,22)23)14-5-6-25-19-15(14)9-18(27)26-19/h3-6,8,11-12H,7,9-10,24H2,1-2H3,(H,25,26,27). The molecule has 0 bridgehead atoms. The number of hydrogen-bond acceptors (Lipinski definition) is 4. The molecule has 0 fully saturated rings. The van der Waals surface area contributed by atoms with Gasteiger partial charge in [0.1, 0.15) is 11.6 Å². The summed E-state index contributed by atoms with van der Waals surface area (Å²) in [4.78, 5) is 15.7. The van der Waals surface area contributed by atoms with Gasteiger partial charge in [-0.2, -0.15) is 13.2 Å². The molecule has 2 heterocycles. The fraction of sp³-hybridized carbons (Fsp3) is 0.400. The molecule has 1 aliphatic heterocycles. The molecule has 2 atom stereocenters. The highest BCUT2D eigenvalue weighted by molar-refractivity contribution is 6.00. The highest BCUT2D eigenvalue weighted by Gasteiger charge is 2.35. The SMILES string of the molecule is CC(N)CC(C)COc1ccc(-c2ccnc3c2CC(=O)N3)cc1C(F)(F)F. The maximum absolute atomic E-state index is 13.6. The number of nitrogens with one attached hydrogen (secondary N) is 1. The average Bonchev–Trinajstić information content (AvgIpc) is 2.98. The van der Waals surface area contributed by atoms with Crippen molar-refractivity contribution in [3.8, 4) is 16.9 Å². The molecule has 3 N–H and O–H groups in total. The quantitative estimate of drug-likeness (QED) is 0.777. The highest BCUT2D eigenvalue weighted by Crippen LogP contribution is 2.40. The van der Waals surface area contributed by atoms with E-state index in [2.05, 4.69) is 10.3 Å². The Morgan fingerprint density at radius 1 is 1.29 bits per heavy atom. The van der Waals surface area contributed by atoms with Gasteiger partial charge in [0.05, 0.1) is 18.6 Å². The maximum atomic E-state index is 13.6. The van der Waals surface area contributed by atoms with Crippen LogP contribution in [0.15, 0.2) is 30.5 Å². The van der Waals surface area contributed by atoms with Gasteiger partial charge in [0.15, 0.2) is 0 Å². The monoisotopic (exact) mass is 393 g/mol. The largest absolute Gasteiger partial charge is 0.493 e. The van der Waals surface area contributed by atoms with E-state index in [0.29, 0.717) is 28.9 Å². The smallest absolute Gasteiger partial charge is 0.419 e. The first-order valence-corrected chi connectivity index (χ1v) is 9.03. The Bertz CT molecular complexity index is 881. The molecule has 0 saturated heterocycles. The number of pyridine rings is 1. The van der Waals surface area contributed by atoms with Crippen LogP contribution >= 0.6 is 0 Å². The lowest BCUT2D eigenvalue weighted by atomic mass is 9.97. The lowest BCUT2D eigenvalue weighted by molar-refractivity contribution is -0.139. The van der Waals surface area contributed by atoms with Gasteiger partial charge in [-0.05, 0) is 48.6 Å². The number of rotatable bonds is 6. The summed E-state index contributed by atoms with van der Waals surface area (Å²) in [5.41, 5.74) is 6.39. The number of aromatic nitrogens is 1. The lowest BCUT2D eigenvalue weighted by Gasteiger charge is -2.19. The first kappa shape index (κ1) is 20.1. The van der Waals surface area contributed by atoms with Gasteiger partial charge in [-0.3, -0.25) is 4.79 Å². The maximum Gasteiger partial charge on any atom is 0.419 e.